The average molecular weight is 337 g/mol. The highest BCUT2D eigenvalue weighted by molar-refractivity contribution is 5.95. The van der Waals surface area contributed by atoms with Gasteiger partial charge in [-0.1, -0.05) is 0 Å². The maximum absolute atomic E-state index is 12.8. The normalized spacial score (nSPS) is 20.5. The van der Waals surface area contributed by atoms with Crippen LogP contribution in [0.4, 0.5) is 0 Å². The van der Waals surface area contributed by atoms with Crippen molar-refractivity contribution in [3.8, 4) is 11.5 Å². The molecule has 1 aromatic carbocycles. The highest BCUT2D eigenvalue weighted by Gasteiger charge is 2.28. The lowest BCUT2D eigenvalue weighted by Crippen LogP contribution is -2.50. The summed E-state index contributed by atoms with van der Waals surface area (Å²) in [6.45, 7) is 6.63. The molecule has 1 N–H and O–H groups in total. The summed E-state index contributed by atoms with van der Waals surface area (Å²) in [5.74, 6) is -0.519. The number of aliphatic carboxylic acids is 1. The Labute approximate surface area is 141 Å². The van der Waals surface area contributed by atoms with Gasteiger partial charge in [-0.05, 0) is 39.0 Å². The Hall–Kier alpha value is -2.28. The Morgan fingerprint density at radius 3 is 2.71 bits per heavy atom. The molecule has 1 aliphatic heterocycles. The van der Waals surface area contributed by atoms with E-state index in [1.165, 1.54) is 0 Å². The van der Waals surface area contributed by atoms with Crippen LogP contribution in [0.5, 0.6) is 11.5 Å². The first-order chi connectivity index (χ1) is 11.4. The molecule has 2 rings (SSSR count). The van der Waals surface area contributed by atoms with Gasteiger partial charge in [0.05, 0.1) is 25.4 Å². The predicted molar refractivity (Wildman–Crippen MR) is 86.7 cm³/mol. The highest BCUT2D eigenvalue weighted by atomic mass is 16.5. The Kier molecular flexibility index (Phi) is 6.03. The molecule has 0 aromatic heterocycles. The maximum atomic E-state index is 12.8. The highest BCUT2D eigenvalue weighted by Crippen LogP contribution is 2.29. The molecule has 24 heavy (non-hydrogen) atoms. The van der Waals surface area contributed by atoms with E-state index in [0.717, 1.165) is 0 Å². The van der Waals surface area contributed by atoms with Gasteiger partial charge in [0, 0.05) is 12.1 Å². The molecule has 1 saturated heterocycles. The van der Waals surface area contributed by atoms with Gasteiger partial charge >= 0.3 is 5.97 Å². The first-order valence-electron chi connectivity index (χ1n) is 7.96. The topological polar surface area (TPSA) is 85.3 Å². The van der Waals surface area contributed by atoms with Gasteiger partial charge in [-0.25, -0.2) is 4.79 Å². The zero-order chi connectivity index (χ0) is 17.7. The minimum Gasteiger partial charge on any atom is -0.490 e. The van der Waals surface area contributed by atoms with Gasteiger partial charge in [0.15, 0.2) is 18.1 Å². The monoisotopic (exact) mass is 337 g/mol. The molecular formula is C17H23NO6. The third-order valence-corrected chi connectivity index (χ3v) is 3.71. The standard InChI is InChI=1S/C17H23NO6/c1-4-22-15-7-13(5-6-14(15)24-10-16(19)20)17(21)18-8-12(3)23-9-11(18)2/h5-7,11-12H,4,8-10H2,1-3H3,(H,19,20). The van der Waals surface area contributed by atoms with E-state index >= 15 is 0 Å². The summed E-state index contributed by atoms with van der Waals surface area (Å²) in [4.78, 5) is 25.2. The molecule has 7 nitrogen and oxygen atoms in total. The third-order valence-electron chi connectivity index (χ3n) is 3.71. The summed E-state index contributed by atoms with van der Waals surface area (Å²) in [6.07, 6.45) is -0.00492. The van der Waals surface area contributed by atoms with Crippen LogP contribution in [0.2, 0.25) is 0 Å². The van der Waals surface area contributed by atoms with E-state index in [4.69, 9.17) is 19.3 Å². The number of morpholine rings is 1. The fraction of sp³-hybridized carbons (Fsp3) is 0.529. The second-order valence-electron chi connectivity index (χ2n) is 5.73. The van der Waals surface area contributed by atoms with Gasteiger partial charge in [0.25, 0.3) is 5.91 Å². The number of nitrogens with zero attached hydrogens (tertiary/aromatic N) is 1. The van der Waals surface area contributed by atoms with Crippen LogP contribution in [0.1, 0.15) is 31.1 Å². The van der Waals surface area contributed by atoms with Crippen molar-refractivity contribution >= 4 is 11.9 Å². The minimum absolute atomic E-state index is 0.00492. The van der Waals surface area contributed by atoms with Gasteiger partial charge < -0.3 is 24.2 Å². The molecule has 1 heterocycles. The molecule has 132 valence electrons. The van der Waals surface area contributed by atoms with Crippen molar-refractivity contribution < 1.29 is 28.9 Å². The van der Waals surface area contributed by atoms with Gasteiger partial charge in [-0.2, -0.15) is 0 Å². The molecule has 1 aromatic rings. The molecule has 1 amide bonds. The van der Waals surface area contributed by atoms with Crippen LogP contribution >= 0.6 is 0 Å². The molecular weight excluding hydrogens is 314 g/mol. The Bertz CT molecular complexity index is 603. The molecule has 0 spiro atoms. The van der Waals surface area contributed by atoms with Crippen molar-refractivity contribution in [2.75, 3.05) is 26.4 Å². The smallest absolute Gasteiger partial charge is 0.341 e. The van der Waals surface area contributed by atoms with Crippen LogP contribution in [0.15, 0.2) is 18.2 Å². The SMILES string of the molecule is CCOc1cc(C(=O)N2CC(C)OCC2C)ccc1OCC(=O)O. The molecule has 1 fully saturated rings. The summed E-state index contributed by atoms with van der Waals surface area (Å²) in [5, 5.41) is 8.72. The zero-order valence-corrected chi connectivity index (χ0v) is 14.2. The number of rotatable bonds is 6. The average Bonchev–Trinajstić information content (AvgIpc) is 2.55. The van der Waals surface area contributed by atoms with Crippen molar-refractivity contribution in [3.05, 3.63) is 23.8 Å². The van der Waals surface area contributed by atoms with E-state index in [-0.39, 0.29) is 18.1 Å². The number of carbonyl (C=O) groups is 2. The Morgan fingerprint density at radius 2 is 2.04 bits per heavy atom. The van der Waals surface area contributed by atoms with Crippen LogP contribution in [-0.4, -0.2) is 60.4 Å². The van der Waals surface area contributed by atoms with E-state index in [9.17, 15) is 9.59 Å². The summed E-state index contributed by atoms with van der Waals surface area (Å²) in [5.41, 5.74) is 0.474. The van der Waals surface area contributed by atoms with Gasteiger partial charge in [-0.15, -0.1) is 0 Å². The fourth-order valence-corrected chi connectivity index (χ4v) is 2.52. The predicted octanol–water partition coefficient (Wildman–Crippen LogP) is 1.80. The van der Waals surface area contributed by atoms with Crippen LogP contribution < -0.4 is 9.47 Å². The Balaban J connectivity index is 2.21. The van der Waals surface area contributed by atoms with Gasteiger partial charge in [-0.3, -0.25) is 4.79 Å². The quantitative estimate of drug-likeness (QED) is 0.852. The van der Waals surface area contributed by atoms with Crippen LogP contribution in [0, 0.1) is 0 Å². The van der Waals surface area contributed by atoms with Crippen molar-refractivity contribution in [2.24, 2.45) is 0 Å². The third kappa shape index (κ3) is 4.38. The first-order valence-corrected chi connectivity index (χ1v) is 7.96. The second kappa shape index (κ2) is 8.01. The van der Waals surface area contributed by atoms with Crippen LogP contribution in [0.3, 0.4) is 0 Å². The molecule has 7 heteroatoms. The van der Waals surface area contributed by atoms with Crippen LogP contribution in [-0.2, 0) is 9.53 Å². The zero-order valence-electron chi connectivity index (χ0n) is 14.2. The molecule has 0 aliphatic carbocycles. The summed E-state index contributed by atoms with van der Waals surface area (Å²) >= 11 is 0. The lowest BCUT2D eigenvalue weighted by molar-refractivity contribution is -0.139. The van der Waals surface area contributed by atoms with E-state index in [2.05, 4.69) is 0 Å². The Morgan fingerprint density at radius 1 is 1.29 bits per heavy atom. The lowest BCUT2D eigenvalue weighted by Gasteiger charge is -2.36. The number of benzene rings is 1. The summed E-state index contributed by atoms with van der Waals surface area (Å²) in [6, 6.07) is 4.77. The number of amides is 1. The number of carbonyl (C=O) groups excluding carboxylic acids is 1. The minimum atomic E-state index is -1.08. The van der Waals surface area contributed by atoms with E-state index in [1.54, 1.807) is 30.0 Å². The van der Waals surface area contributed by atoms with Crippen molar-refractivity contribution in [3.63, 3.8) is 0 Å². The van der Waals surface area contributed by atoms with Gasteiger partial charge in [0.2, 0.25) is 0 Å². The number of carboxylic acids is 1. The largest absolute Gasteiger partial charge is 0.490 e. The second-order valence-corrected chi connectivity index (χ2v) is 5.73. The van der Waals surface area contributed by atoms with E-state index in [0.29, 0.717) is 36.8 Å². The molecule has 0 radical (unpaired) electrons. The van der Waals surface area contributed by atoms with Crippen molar-refractivity contribution in [1.29, 1.82) is 0 Å². The van der Waals surface area contributed by atoms with E-state index < -0.39 is 12.6 Å². The van der Waals surface area contributed by atoms with Crippen molar-refractivity contribution in [2.45, 2.75) is 32.9 Å². The van der Waals surface area contributed by atoms with Crippen LogP contribution in [0.25, 0.3) is 0 Å². The fourth-order valence-electron chi connectivity index (χ4n) is 2.52. The number of hydrogen-bond donors (Lipinski definition) is 1. The number of hydrogen-bond acceptors (Lipinski definition) is 5. The lowest BCUT2D eigenvalue weighted by atomic mass is 10.1. The molecule has 0 bridgehead atoms. The molecule has 0 saturated carbocycles. The van der Waals surface area contributed by atoms with Crippen molar-refractivity contribution in [1.82, 2.24) is 4.90 Å². The molecule has 1 aliphatic rings. The van der Waals surface area contributed by atoms with Gasteiger partial charge in [0.1, 0.15) is 0 Å². The number of ether oxygens (including phenoxy) is 3. The maximum Gasteiger partial charge on any atom is 0.341 e. The summed E-state index contributed by atoms with van der Waals surface area (Å²) < 4.78 is 16.2. The number of carboxylic acid groups (broad SMARTS) is 1. The van der Waals surface area contributed by atoms with E-state index in [1.807, 2.05) is 13.8 Å². The molecule has 2 atom stereocenters. The first kappa shape index (κ1) is 18.1. The summed E-state index contributed by atoms with van der Waals surface area (Å²) in [7, 11) is 0. The molecule has 2 unspecified atom stereocenters.